The Morgan fingerprint density at radius 2 is 1.95 bits per heavy atom. The van der Waals surface area contributed by atoms with E-state index in [1.54, 1.807) is 13.2 Å². The van der Waals surface area contributed by atoms with Crippen molar-refractivity contribution in [2.24, 2.45) is 0 Å². The van der Waals surface area contributed by atoms with Crippen LogP contribution in [0.2, 0.25) is 0 Å². The summed E-state index contributed by atoms with van der Waals surface area (Å²) in [6.07, 6.45) is 4.04. The Morgan fingerprint density at radius 1 is 1.21 bits per heavy atom. The summed E-state index contributed by atoms with van der Waals surface area (Å²) in [6, 6.07) is 7.25. The molecule has 4 heterocycles. The SMILES string of the molecule is COC[C@H](NC(=O)c1ccn(C(C)(C)C)c1)C(=S)Nc1nc(-c2cccc(N3C[C@@H](C)O[C@@H](C)C3)n2)cs1. The zero-order valence-electron chi connectivity index (χ0n) is 22.7. The van der Waals surface area contributed by atoms with E-state index in [4.69, 9.17) is 31.7 Å². The van der Waals surface area contributed by atoms with Gasteiger partial charge in [-0.2, -0.15) is 0 Å². The lowest BCUT2D eigenvalue weighted by molar-refractivity contribution is -0.00545. The number of anilines is 2. The second kappa shape index (κ2) is 11.9. The number of morpholine rings is 1. The van der Waals surface area contributed by atoms with Crippen LogP contribution in [0.25, 0.3) is 11.4 Å². The molecule has 3 aromatic heterocycles. The Labute approximate surface area is 233 Å². The number of rotatable bonds is 8. The molecule has 2 N–H and O–H groups in total. The normalized spacial score (nSPS) is 18.7. The molecular weight excluding hydrogens is 520 g/mol. The topological polar surface area (TPSA) is 93.5 Å². The van der Waals surface area contributed by atoms with E-state index in [-0.39, 0.29) is 30.3 Å². The number of amides is 1. The lowest BCUT2D eigenvalue weighted by Crippen LogP contribution is -2.45. The minimum atomic E-state index is -0.514. The number of nitrogens with one attached hydrogen (secondary N) is 2. The Morgan fingerprint density at radius 3 is 2.61 bits per heavy atom. The summed E-state index contributed by atoms with van der Waals surface area (Å²) in [6.45, 7) is 12.2. The van der Waals surface area contributed by atoms with Gasteiger partial charge in [-0.05, 0) is 52.8 Å². The standard InChI is InChI=1S/C27H36N6O3S2/c1-17-12-32(13-18(2)36-17)23-9-7-8-20(28-23)22-16-38-26(30-22)31-25(37)21(15-35-6)29-24(34)19-10-11-33(14-19)27(3,4)5/h7-11,14,16-18,21H,12-13,15H2,1-6H3,(H,29,34)(H,30,31,37)/t17-,18+,21-/m0/s1. The Bertz CT molecular complexity index is 1260. The van der Waals surface area contributed by atoms with Gasteiger partial charge in [0, 0.05) is 43.5 Å². The molecule has 0 saturated carbocycles. The molecule has 0 unspecified atom stereocenters. The van der Waals surface area contributed by atoms with Crippen LogP contribution >= 0.6 is 23.6 Å². The largest absolute Gasteiger partial charge is 0.382 e. The van der Waals surface area contributed by atoms with Crippen LogP contribution in [0.5, 0.6) is 0 Å². The number of carbonyl (C=O) groups is 1. The first kappa shape index (κ1) is 28.2. The highest BCUT2D eigenvalue weighted by molar-refractivity contribution is 7.80. The summed E-state index contributed by atoms with van der Waals surface area (Å²) in [5, 5.41) is 8.72. The fourth-order valence-corrected chi connectivity index (χ4v) is 5.29. The third-order valence-electron chi connectivity index (χ3n) is 6.16. The molecule has 0 spiro atoms. The minimum absolute atomic E-state index is 0.114. The van der Waals surface area contributed by atoms with Crippen molar-refractivity contribution in [2.45, 2.75) is 58.4 Å². The third kappa shape index (κ3) is 6.96. The van der Waals surface area contributed by atoms with Crippen LogP contribution in [0, 0.1) is 0 Å². The second-order valence-electron chi connectivity index (χ2n) is 10.5. The van der Waals surface area contributed by atoms with Crippen molar-refractivity contribution in [1.82, 2.24) is 19.9 Å². The van der Waals surface area contributed by atoms with Crippen molar-refractivity contribution in [3.05, 3.63) is 47.6 Å². The quantitative estimate of drug-likeness (QED) is 0.390. The monoisotopic (exact) mass is 556 g/mol. The fourth-order valence-electron chi connectivity index (χ4n) is 4.29. The van der Waals surface area contributed by atoms with Crippen molar-refractivity contribution in [3.63, 3.8) is 0 Å². The molecule has 9 nitrogen and oxygen atoms in total. The van der Waals surface area contributed by atoms with E-state index in [1.807, 2.05) is 40.5 Å². The molecule has 1 aliphatic rings. The maximum atomic E-state index is 12.9. The lowest BCUT2D eigenvalue weighted by atomic mass is 10.1. The summed E-state index contributed by atoms with van der Waals surface area (Å²) in [5.41, 5.74) is 1.99. The average molecular weight is 557 g/mol. The van der Waals surface area contributed by atoms with Gasteiger partial charge in [-0.15, -0.1) is 11.3 Å². The van der Waals surface area contributed by atoms with Gasteiger partial charge in [-0.25, -0.2) is 9.97 Å². The maximum absolute atomic E-state index is 12.9. The predicted molar refractivity (Wildman–Crippen MR) is 156 cm³/mol. The first-order chi connectivity index (χ1) is 18.0. The average Bonchev–Trinajstić information content (AvgIpc) is 3.53. The number of nitrogens with zero attached hydrogens (tertiary/aromatic N) is 4. The molecule has 38 heavy (non-hydrogen) atoms. The van der Waals surface area contributed by atoms with Gasteiger partial charge in [-0.1, -0.05) is 18.3 Å². The zero-order valence-corrected chi connectivity index (χ0v) is 24.4. The molecule has 1 amide bonds. The highest BCUT2D eigenvalue weighted by atomic mass is 32.1. The number of pyridine rings is 1. The first-order valence-corrected chi connectivity index (χ1v) is 13.9. The molecule has 3 atom stereocenters. The van der Waals surface area contributed by atoms with Crippen LogP contribution < -0.4 is 15.5 Å². The number of methoxy groups -OCH3 is 1. The Balaban J connectivity index is 1.42. The summed E-state index contributed by atoms with van der Waals surface area (Å²) in [7, 11) is 1.58. The van der Waals surface area contributed by atoms with E-state index in [2.05, 4.69) is 50.2 Å². The molecule has 0 radical (unpaired) electrons. The fraction of sp³-hybridized carbons (Fsp3) is 0.481. The summed E-state index contributed by atoms with van der Waals surface area (Å²) >= 11 is 7.06. The molecule has 204 valence electrons. The van der Waals surface area contributed by atoms with Gasteiger partial charge in [0.2, 0.25) is 0 Å². The molecule has 3 aromatic rings. The molecule has 0 aliphatic carbocycles. The van der Waals surface area contributed by atoms with Crippen LogP contribution in [0.1, 0.15) is 45.0 Å². The van der Waals surface area contributed by atoms with Gasteiger partial charge >= 0.3 is 0 Å². The molecule has 1 fully saturated rings. The van der Waals surface area contributed by atoms with Crippen LogP contribution in [0.4, 0.5) is 10.9 Å². The number of thiazole rings is 1. The predicted octanol–water partition coefficient (Wildman–Crippen LogP) is 4.56. The van der Waals surface area contributed by atoms with Crippen molar-refractivity contribution in [1.29, 1.82) is 0 Å². The van der Waals surface area contributed by atoms with Crippen molar-refractivity contribution in [3.8, 4) is 11.4 Å². The molecule has 11 heteroatoms. The van der Waals surface area contributed by atoms with E-state index in [9.17, 15) is 4.79 Å². The molecule has 1 saturated heterocycles. The van der Waals surface area contributed by atoms with Gasteiger partial charge in [0.05, 0.1) is 30.1 Å². The third-order valence-corrected chi connectivity index (χ3v) is 7.30. The Hall–Kier alpha value is -2.86. The second-order valence-corrected chi connectivity index (χ2v) is 11.8. The number of carbonyl (C=O) groups excluding carboxylic acids is 1. The van der Waals surface area contributed by atoms with E-state index >= 15 is 0 Å². The number of aromatic nitrogens is 3. The number of thiocarbonyl (C=S) groups is 1. The van der Waals surface area contributed by atoms with Crippen molar-refractivity contribution >= 4 is 45.4 Å². The van der Waals surface area contributed by atoms with Crippen LogP contribution in [-0.4, -0.2) is 70.5 Å². The summed E-state index contributed by atoms with van der Waals surface area (Å²) in [4.78, 5) is 25.2. The van der Waals surface area contributed by atoms with Gasteiger partial charge in [0.1, 0.15) is 22.5 Å². The minimum Gasteiger partial charge on any atom is -0.382 e. The number of hydrogen-bond acceptors (Lipinski definition) is 8. The highest BCUT2D eigenvalue weighted by Gasteiger charge is 2.24. The zero-order chi connectivity index (χ0) is 27.4. The highest BCUT2D eigenvalue weighted by Crippen LogP contribution is 2.27. The molecule has 4 rings (SSSR count). The van der Waals surface area contributed by atoms with E-state index in [0.717, 1.165) is 30.3 Å². The van der Waals surface area contributed by atoms with Crippen LogP contribution in [0.3, 0.4) is 0 Å². The van der Waals surface area contributed by atoms with E-state index < -0.39 is 6.04 Å². The molecule has 0 aromatic carbocycles. The smallest absolute Gasteiger partial charge is 0.253 e. The van der Waals surface area contributed by atoms with Crippen LogP contribution in [0.15, 0.2) is 42.0 Å². The van der Waals surface area contributed by atoms with Gasteiger partial charge < -0.3 is 29.6 Å². The van der Waals surface area contributed by atoms with Gasteiger partial charge in [0.15, 0.2) is 5.13 Å². The van der Waals surface area contributed by atoms with E-state index in [0.29, 0.717) is 15.7 Å². The molecular formula is C27H36N6O3S2. The van der Waals surface area contributed by atoms with E-state index in [1.165, 1.54) is 11.3 Å². The Kier molecular flexibility index (Phi) is 8.81. The van der Waals surface area contributed by atoms with Crippen molar-refractivity contribution < 1.29 is 14.3 Å². The molecule has 1 aliphatic heterocycles. The lowest BCUT2D eigenvalue weighted by Gasteiger charge is -2.36. The van der Waals surface area contributed by atoms with Gasteiger partial charge in [0.25, 0.3) is 5.91 Å². The van der Waals surface area contributed by atoms with Crippen molar-refractivity contribution in [2.75, 3.05) is 37.0 Å². The first-order valence-electron chi connectivity index (χ1n) is 12.7. The summed E-state index contributed by atoms with van der Waals surface area (Å²) < 4.78 is 13.2. The number of ether oxygens (including phenoxy) is 2. The number of hydrogen-bond donors (Lipinski definition) is 2. The molecule has 0 bridgehead atoms. The van der Waals surface area contributed by atoms with Crippen LogP contribution in [-0.2, 0) is 15.0 Å². The van der Waals surface area contributed by atoms with Gasteiger partial charge in [-0.3, -0.25) is 4.79 Å². The maximum Gasteiger partial charge on any atom is 0.253 e. The summed E-state index contributed by atoms with van der Waals surface area (Å²) in [5.74, 6) is 0.692.